The highest BCUT2D eigenvalue weighted by Gasteiger charge is 1.96. The lowest BCUT2D eigenvalue weighted by Crippen LogP contribution is -2.05. The zero-order valence-electron chi connectivity index (χ0n) is 9.24. The van der Waals surface area contributed by atoms with Crippen molar-refractivity contribution < 1.29 is 4.74 Å². The fourth-order valence-corrected chi connectivity index (χ4v) is 1.51. The van der Waals surface area contributed by atoms with Crippen LogP contribution in [0.25, 0.3) is 6.08 Å². The Morgan fingerprint density at radius 3 is 2.87 bits per heavy atom. The van der Waals surface area contributed by atoms with Gasteiger partial charge >= 0.3 is 0 Å². The molecule has 15 heavy (non-hydrogen) atoms. The van der Waals surface area contributed by atoms with Gasteiger partial charge in [0.2, 0.25) is 0 Å². The number of ether oxygens (including phenoxy) is 1. The van der Waals surface area contributed by atoms with E-state index in [1.54, 1.807) is 0 Å². The molecular formula is C13H17BrO. The second-order valence-corrected chi connectivity index (χ2v) is 4.41. The predicted molar refractivity (Wildman–Crippen MR) is 69.7 cm³/mol. The van der Waals surface area contributed by atoms with Crippen LogP contribution in [0.5, 0.6) is 5.75 Å². The number of allylic oxidation sites excluding steroid dienone is 1. The van der Waals surface area contributed by atoms with Crippen LogP contribution in [0.4, 0.5) is 0 Å². The second-order valence-electron chi connectivity index (χ2n) is 3.62. The first-order valence-corrected chi connectivity index (χ1v) is 6.33. The Kier molecular flexibility index (Phi) is 5.48. The standard InChI is InChI=1S/C13H17BrO/c1-11(2)15-13-8-5-7-12(10-13)6-3-4-9-14/h3,5-8,10-11H,4,9H2,1-2H3. The highest BCUT2D eigenvalue weighted by Crippen LogP contribution is 2.16. The summed E-state index contributed by atoms with van der Waals surface area (Å²) >= 11 is 3.39. The molecule has 0 amide bonds. The SMILES string of the molecule is CC(C)Oc1cccc(C=CCCBr)c1. The minimum absolute atomic E-state index is 0.228. The lowest BCUT2D eigenvalue weighted by Gasteiger charge is -2.09. The van der Waals surface area contributed by atoms with Gasteiger partial charge < -0.3 is 4.74 Å². The maximum atomic E-state index is 5.62. The van der Waals surface area contributed by atoms with Crippen LogP contribution in [-0.4, -0.2) is 11.4 Å². The van der Waals surface area contributed by atoms with Gasteiger partial charge in [-0.05, 0) is 38.0 Å². The quantitative estimate of drug-likeness (QED) is 0.725. The molecule has 0 N–H and O–H groups in total. The van der Waals surface area contributed by atoms with Gasteiger partial charge in [0.1, 0.15) is 5.75 Å². The molecule has 0 aliphatic carbocycles. The van der Waals surface area contributed by atoms with E-state index in [0.717, 1.165) is 17.5 Å². The summed E-state index contributed by atoms with van der Waals surface area (Å²) < 4.78 is 5.62. The van der Waals surface area contributed by atoms with Crippen LogP contribution in [0.2, 0.25) is 0 Å². The Morgan fingerprint density at radius 1 is 1.40 bits per heavy atom. The maximum absolute atomic E-state index is 5.62. The van der Waals surface area contributed by atoms with Crippen molar-refractivity contribution >= 4 is 22.0 Å². The summed E-state index contributed by atoms with van der Waals surface area (Å²) in [5.41, 5.74) is 1.19. The molecule has 0 bridgehead atoms. The third-order valence-electron chi connectivity index (χ3n) is 1.82. The largest absolute Gasteiger partial charge is 0.491 e. The average molecular weight is 269 g/mol. The highest BCUT2D eigenvalue weighted by atomic mass is 79.9. The number of rotatable bonds is 5. The topological polar surface area (TPSA) is 9.23 Å². The molecule has 1 rings (SSSR count). The van der Waals surface area contributed by atoms with Crippen LogP contribution in [0.3, 0.4) is 0 Å². The van der Waals surface area contributed by atoms with Crippen LogP contribution in [-0.2, 0) is 0 Å². The molecule has 1 nitrogen and oxygen atoms in total. The molecular weight excluding hydrogens is 252 g/mol. The molecule has 0 fully saturated rings. The minimum atomic E-state index is 0.228. The molecule has 82 valence electrons. The van der Waals surface area contributed by atoms with Crippen molar-refractivity contribution in [2.45, 2.75) is 26.4 Å². The molecule has 0 heterocycles. The Bertz CT molecular complexity index is 318. The van der Waals surface area contributed by atoms with E-state index < -0.39 is 0 Å². The normalized spacial score (nSPS) is 11.2. The Balaban J connectivity index is 2.65. The summed E-state index contributed by atoms with van der Waals surface area (Å²) in [5.74, 6) is 0.936. The summed E-state index contributed by atoms with van der Waals surface area (Å²) in [7, 11) is 0. The van der Waals surface area contributed by atoms with E-state index in [9.17, 15) is 0 Å². The average Bonchev–Trinajstić information content (AvgIpc) is 2.18. The van der Waals surface area contributed by atoms with Gasteiger partial charge in [0.25, 0.3) is 0 Å². The van der Waals surface area contributed by atoms with Gasteiger partial charge in [-0.1, -0.05) is 40.2 Å². The fraction of sp³-hybridized carbons (Fsp3) is 0.385. The summed E-state index contributed by atoms with van der Waals surface area (Å²) in [6, 6.07) is 8.15. The summed E-state index contributed by atoms with van der Waals surface area (Å²) in [5, 5.41) is 1.01. The van der Waals surface area contributed by atoms with Crippen molar-refractivity contribution in [1.29, 1.82) is 0 Å². The molecule has 0 spiro atoms. The number of halogens is 1. The van der Waals surface area contributed by atoms with Crippen LogP contribution in [0, 0.1) is 0 Å². The zero-order valence-corrected chi connectivity index (χ0v) is 10.8. The van der Waals surface area contributed by atoms with Crippen molar-refractivity contribution in [3.63, 3.8) is 0 Å². The summed E-state index contributed by atoms with van der Waals surface area (Å²) in [6.07, 6.45) is 5.55. The van der Waals surface area contributed by atoms with Crippen molar-refractivity contribution in [3.8, 4) is 5.75 Å². The van der Waals surface area contributed by atoms with Gasteiger partial charge in [-0.2, -0.15) is 0 Å². The molecule has 0 aliphatic heterocycles. The third kappa shape index (κ3) is 5.03. The van der Waals surface area contributed by atoms with Gasteiger partial charge in [0, 0.05) is 5.33 Å². The number of hydrogen-bond acceptors (Lipinski definition) is 1. The van der Waals surface area contributed by atoms with E-state index >= 15 is 0 Å². The van der Waals surface area contributed by atoms with E-state index in [2.05, 4.69) is 40.2 Å². The smallest absolute Gasteiger partial charge is 0.120 e. The van der Waals surface area contributed by atoms with Gasteiger partial charge in [-0.15, -0.1) is 0 Å². The number of alkyl halides is 1. The zero-order chi connectivity index (χ0) is 11.1. The van der Waals surface area contributed by atoms with Gasteiger partial charge in [0.15, 0.2) is 0 Å². The van der Waals surface area contributed by atoms with Crippen molar-refractivity contribution in [1.82, 2.24) is 0 Å². The Hall–Kier alpha value is -0.760. The lowest BCUT2D eigenvalue weighted by molar-refractivity contribution is 0.242. The Morgan fingerprint density at radius 2 is 2.20 bits per heavy atom. The van der Waals surface area contributed by atoms with Crippen molar-refractivity contribution in [2.75, 3.05) is 5.33 Å². The second kappa shape index (κ2) is 6.67. The predicted octanol–water partition coefficient (Wildman–Crippen LogP) is 4.27. The lowest BCUT2D eigenvalue weighted by atomic mass is 10.2. The van der Waals surface area contributed by atoms with Gasteiger partial charge in [-0.25, -0.2) is 0 Å². The molecule has 1 aromatic carbocycles. The molecule has 0 unspecified atom stereocenters. The summed E-state index contributed by atoms with van der Waals surface area (Å²) in [6.45, 7) is 4.07. The highest BCUT2D eigenvalue weighted by molar-refractivity contribution is 9.09. The van der Waals surface area contributed by atoms with E-state index in [1.165, 1.54) is 5.56 Å². The molecule has 0 saturated carbocycles. The minimum Gasteiger partial charge on any atom is -0.491 e. The molecule has 0 aromatic heterocycles. The molecule has 0 saturated heterocycles. The van der Waals surface area contributed by atoms with E-state index in [1.807, 2.05) is 26.0 Å². The van der Waals surface area contributed by atoms with Gasteiger partial charge in [-0.3, -0.25) is 0 Å². The van der Waals surface area contributed by atoms with Crippen molar-refractivity contribution in [2.24, 2.45) is 0 Å². The molecule has 0 aliphatic rings. The fourth-order valence-electron chi connectivity index (χ4n) is 1.25. The van der Waals surface area contributed by atoms with Crippen LogP contribution < -0.4 is 4.74 Å². The molecule has 2 heteroatoms. The van der Waals surface area contributed by atoms with E-state index in [4.69, 9.17) is 4.74 Å². The number of benzene rings is 1. The maximum Gasteiger partial charge on any atom is 0.120 e. The van der Waals surface area contributed by atoms with Gasteiger partial charge in [0.05, 0.1) is 6.10 Å². The molecule has 0 radical (unpaired) electrons. The molecule has 1 aromatic rings. The van der Waals surface area contributed by atoms with E-state index in [0.29, 0.717) is 0 Å². The van der Waals surface area contributed by atoms with Crippen LogP contribution in [0.1, 0.15) is 25.8 Å². The third-order valence-corrected chi connectivity index (χ3v) is 2.27. The first-order valence-electron chi connectivity index (χ1n) is 5.21. The summed E-state index contributed by atoms with van der Waals surface area (Å²) in [4.78, 5) is 0. The first kappa shape index (κ1) is 12.3. The monoisotopic (exact) mass is 268 g/mol. The first-order chi connectivity index (χ1) is 7.22. The van der Waals surface area contributed by atoms with Crippen molar-refractivity contribution in [3.05, 3.63) is 35.9 Å². The van der Waals surface area contributed by atoms with Crippen LogP contribution >= 0.6 is 15.9 Å². The molecule has 0 atom stereocenters. The van der Waals surface area contributed by atoms with Crippen LogP contribution in [0.15, 0.2) is 30.3 Å². The number of hydrogen-bond donors (Lipinski definition) is 0. The van der Waals surface area contributed by atoms with E-state index in [-0.39, 0.29) is 6.10 Å². The Labute approximate surface area is 100 Å².